The summed E-state index contributed by atoms with van der Waals surface area (Å²) >= 11 is 0. The fourth-order valence-electron chi connectivity index (χ4n) is 1.67. The molecule has 1 heterocycles. The minimum Gasteiger partial charge on any atom is -0.461 e. The smallest absolute Gasteiger partial charge is 0.228 e. The molecule has 0 amide bonds. The minimum atomic E-state index is -0.0437. The molecule has 0 aliphatic rings. The Bertz CT molecular complexity index is 509. The maximum atomic E-state index is 12.1. The number of carbonyl (C=O) groups is 1. The van der Waals surface area contributed by atoms with Gasteiger partial charge in [-0.15, -0.1) is 0 Å². The van der Waals surface area contributed by atoms with Crippen LogP contribution in [0.2, 0.25) is 0 Å². The molecule has 0 saturated carbocycles. The summed E-state index contributed by atoms with van der Waals surface area (Å²) in [6.45, 7) is 3.95. The van der Waals surface area contributed by atoms with E-state index in [0.29, 0.717) is 11.3 Å². The Morgan fingerprint density at radius 2 is 2.12 bits per heavy atom. The van der Waals surface area contributed by atoms with Gasteiger partial charge in [-0.3, -0.25) is 4.79 Å². The highest BCUT2D eigenvalue weighted by Crippen LogP contribution is 2.16. The first-order valence-electron chi connectivity index (χ1n) is 5.40. The SMILES string of the molecule is CCc1cccc(C(=O)c2occc2C)c1. The summed E-state index contributed by atoms with van der Waals surface area (Å²) in [4.78, 5) is 12.1. The highest BCUT2D eigenvalue weighted by Gasteiger charge is 2.14. The van der Waals surface area contributed by atoms with Crippen molar-refractivity contribution in [2.45, 2.75) is 20.3 Å². The van der Waals surface area contributed by atoms with E-state index in [0.717, 1.165) is 17.5 Å². The van der Waals surface area contributed by atoms with Crippen LogP contribution in [0.5, 0.6) is 0 Å². The monoisotopic (exact) mass is 214 g/mol. The molecule has 82 valence electrons. The third kappa shape index (κ3) is 1.91. The van der Waals surface area contributed by atoms with Crippen molar-refractivity contribution in [2.75, 3.05) is 0 Å². The molecule has 16 heavy (non-hydrogen) atoms. The Balaban J connectivity index is 2.38. The number of aryl methyl sites for hydroxylation is 2. The Hall–Kier alpha value is -1.83. The van der Waals surface area contributed by atoms with Crippen LogP contribution in [0.15, 0.2) is 41.0 Å². The second kappa shape index (κ2) is 4.35. The molecule has 1 aromatic heterocycles. The number of hydrogen-bond donors (Lipinski definition) is 0. The molecule has 2 heteroatoms. The molecule has 0 atom stereocenters. The topological polar surface area (TPSA) is 30.2 Å². The van der Waals surface area contributed by atoms with Crippen LogP contribution < -0.4 is 0 Å². The molecular weight excluding hydrogens is 200 g/mol. The molecule has 0 aliphatic heterocycles. The van der Waals surface area contributed by atoms with Crippen molar-refractivity contribution in [3.05, 3.63) is 59.0 Å². The standard InChI is InChI=1S/C14H14O2/c1-3-11-5-4-6-12(9-11)13(15)14-10(2)7-8-16-14/h4-9H,3H2,1-2H3. The summed E-state index contributed by atoms with van der Waals surface area (Å²) in [5.74, 6) is 0.394. The summed E-state index contributed by atoms with van der Waals surface area (Å²) in [5.41, 5.74) is 2.74. The Kier molecular flexibility index (Phi) is 2.91. The van der Waals surface area contributed by atoms with Crippen LogP contribution >= 0.6 is 0 Å². The largest absolute Gasteiger partial charge is 0.461 e. The zero-order valence-electron chi connectivity index (χ0n) is 9.49. The maximum absolute atomic E-state index is 12.1. The molecule has 0 fully saturated rings. The van der Waals surface area contributed by atoms with Gasteiger partial charge in [0, 0.05) is 5.56 Å². The Morgan fingerprint density at radius 3 is 2.75 bits per heavy atom. The fourth-order valence-corrected chi connectivity index (χ4v) is 1.67. The molecule has 0 radical (unpaired) electrons. The number of ketones is 1. The molecule has 0 spiro atoms. The van der Waals surface area contributed by atoms with Gasteiger partial charge in [0.15, 0.2) is 5.76 Å². The van der Waals surface area contributed by atoms with E-state index in [4.69, 9.17) is 4.42 Å². The van der Waals surface area contributed by atoms with E-state index >= 15 is 0 Å². The minimum absolute atomic E-state index is 0.0437. The van der Waals surface area contributed by atoms with E-state index in [1.165, 1.54) is 0 Å². The van der Waals surface area contributed by atoms with Gasteiger partial charge in [-0.25, -0.2) is 0 Å². The van der Waals surface area contributed by atoms with Crippen molar-refractivity contribution >= 4 is 5.78 Å². The van der Waals surface area contributed by atoms with Crippen molar-refractivity contribution in [3.63, 3.8) is 0 Å². The first-order chi connectivity index (χ1) is 7.72. The Morgan fingerprint density at radius 1 is 1.31 bits per heavy atom. The predicted molar refractivity (Wildman–Crippen MR) is 62.7 cm³/mol. The van der Waals surface area contributed by atoms with Crippen LogP contribution in [0.1, 0.15) is 34.2 Å². The van der Waals surface area contributed by atoms with Crippen LogP contribution in [0.25, 0.3) is 0 Å². The van der Waals surface area contributed by atoms with Crippen LogP contribution in [-0.4, -0.2) is 5.78 Å². The number of benzene rings is 1. The van der Waals surface area contributed by atoms with Gasteiger partial charge in [0.05, 0.1) is 6.26 Å². The molecule has 2 nitrogen and oxygen atoms in total. The van der Waals surface area contributed by atoms with Crippen molar-refractivity contribution in [3.8, 4) is 0 Å². The van der Waals surface area contributed by atoms with Crippen molar-refractivity contribution in [2.24, 2.45) is 0 Å². The van der Waals surface area contributed by atoms with Crippen LogP contribution in [0, 0.1) is 6.92 Å². The average Bonchev–Trinajstić information content (AvgIpc) is 2.74. The van der Waals surface area contributed by atoms with Crippen molar-refractivity contribution < 1.29 is 9.21 Å². The molecule has 1 aromatic carbocycles. The van der Waals surface area contributed by atoms with Gasteiger partial charge >= 0.3 is 0 Å². The van der Waals surface area contributed by atoms with Gasteiger partial charge in [-0.05, 0) is 36.6 Å². The second-order valence-electron chi connectivity index (χ2n) is 3.82. The van der Waals surface area contributed by atoms with E-state index in [2.05, 4.69) is 6.92 Å². The maximum Gasteiger partial charge on any atom is 0.228 e. The van der Waals surface area contributed by atoms with E-state index in [-0.39, 0.29) is 5.78 Å². The van der Waals surface area contributed by atoms with Crippen LogP contribution in [0.4, 0.5) is 0 Å². The van der Waals surface area contributed by atoms with E-state index < -0.39 is 0 Å². The summed E-state index contributed by atoms with van der Waals surface area (Å²) in [6, 6.07) is 9.47. The Labute approximate surface area is 94.9 Å². The van der Waals surface area contributed by atoms with Gasteiger partial charge in [-0.2, -0.15) is 0 Å². The normalized spacial score (nSPS) is 10.4. The zero-order valence-corrected chi connectivity index (χ0v) is 9.49. The molecule has 0 aliphatic carbocycles. The summed E-state index contributed by atoms with van der Waals surface area (Å²) in [6.07, 6.45) is 2.48. The van der Waals surface area contributed by atoms with E-state index in [9.17, 15) is 4.79 Å². The lowest BCUT2D eigenvalue weighted by molar-refractivity contribution is 0.101. The molecule has 0 bridgehead atoms. The summed E-state index contributed by atoms with van der Waals surface area (Å²) < 4.78 is 5.20. The molecule has 0 saturated heterocycles. The third-order valence-electron chi connectivity index (χ3n) is 2.67. The third-order valence-corrected chi connectivity index (χ3v) is 2.67. The van der Waals surface area contributed by atoms with Crippen LogP contribution in [-0.2, 0) is 6.42 Å². The van der Waals surface area contributed by atoms with Crippen LogP contribution in [0.3, 0.4) is 0 Å². The van der Waals surface area contributed by atoms with E-state index in [1.54, 1.807) is 12.3 Å². The highest BCUT2D eigenvalue weighted by molar-refractivity contribution is 6.08. The van der Waals surface area contributed by atoms with E-state index in [1.807, 2.05) is 31.2 Å². The quantitative estimate of drug-likeness (QED) is 0.733. The molecule has 0 unspecified atom stereocenters. The first-order valence-corrected chi connectivity index (χ1v) is 5.40. The van der Waals surface area contributed by atoms with Gasteiger partial charge in [-0.1, -0.05) is 25.1 Å². The summed E-state index contributed by atoms with van der Waals surface area (Å²) in [5, 5.41) is 0. The molecule has 0 N–H and O–H groups in total. The lowest BCUT2D eigenvalue weighted by atomic mass is 10.0. The lowest BCUT2D eigenvalue weighted by Gasteiger charge is -2.01. The number of hydrogen-bond acceptors (Lipinski definition) is 2. The predicted octanol–water partition coefficient (Wildman–Crippen LogP) is 3.38. The van der Waals surface area contributed by atoms with Gasteiger partial charge in [0.2, 0.25) is 5.78 Å². The van der Waals surface area contributed by atoms with Crippen molar-refractivity contribution in [1.82, 2.24) is 0 Å². The fraction of sp³-hybridized carbons (Fsp3) is 0.214. The van der Waals surface area contributed by atoms with Gasteiger partial charge in [0.1, 0.15) is 0 Å². The number of furan rings is 1. The molecular formula is C14H14O2. The zero-order chi connectivity index (χ0) is 11.5. The lowest BCUT2D eigenvalue weighted by Crippen LogP contribution is -2.02. The molecule has 2 rings (SSSR count). The average molecular weight is 214 g/mol. The number of carbonyl (C=O) groups excluding carboxylic acids is 1. The first kappa shape index (κ1) is 10.7. The molecule has 2 aromatic rings. The second-order valence-corrected chi connectivity index (χ2v) is 3.82. The van der Waals surface area contributed by atoms with Gasteiger partial charge in [0.25, 0.3) is 0 Å². The summed E-state index contributed by atoms with van der Waals surface area (Å²) in [7, 11) is 0. The highest BCUT2D eigenvalue weighted by atomic mass is 16.3. The van der Waals surface area contributed by atoms with Crippen molar-refractivity contribution in [1.29, 1.82) is 0 Å². The number of rotatable bonds is 3. The van der Waals surface area contributed by atoms with Gasteiger partial charge < -0.3 is 4.42 Å².